The zero-order valence-electron chi connectivity index (χ0n) is 29.6. The molecule has 6 nitrogen and oxygen atoms in total. The molecule has 258 valence electrons. The minimum Gasteiger partial charge on any atom is -0.309 e. The third kappa shape index (κ3) is 3.89. The zero-order valence-corrected chi connectivity index (χ0v) is 30.4. The van der Waals surface area contributed by atoms with E-state index in [1.165, 1.54) is 11.1 Å². The highest BCUT2D eigenvalue weighted by atomic mass is 32.2. The summed E-state index contributed by atoms with van der Waals surface area (Å²) in [5, 5.41) is 14.1. The third-order valence-electron chi connectivity index (χ3n) is 11.7. The third-order valence-corrected chi connectivity index (χ3v) is 12.8. The van der Waals surface area contributed by atoms with Crippen molar-refractivity contribution in [1.82, 2.24) is 19.1 Å². The van der Waals surface area contributed by atoms with Gasteiger partial charge in [-0.05, 0) is 101 Å². The van der Waals surface area contributed by atoms with E-state index in [-0.39, 0.29) is 0 Å². The van der Waals surface area contributed by atoms with Crippen LogP contribution in [0.4, 0.5) is 5.69 Å². The Morgan fingerprint density at radius 3 is 1.96 bits per heavy atom. The zero-order chi connectivity index (χ0) is 37.1. The van der Waals surface area contributed by atoms with E-state index < -0.39 is 5.41 Å². The molecule has 12 rings (SSSR count). The second kappa shape index (κ2) is 11.3. The molecular weight excluding hydrogens is 705 g/mol. The van der Waals surface area contributed by atoms with Crippen molar-refractivity contribution in [3.63, 3.8) is 0 Å². The van der Waals surface area contributed by atoms with E-state index in [1.54, 1.807) is 11.8 Å². The molecule has 0 amide bonds. The van der Waals surface area contributed by atoms with Crippen molar-refractivity contribution in [2.24, 2.45) is 0 Å². The molecule has 0 bridgehead atoms. The molecule has 5 heterocycles. The lowest BCUT2D eigenvalue weighted by atomic mass is 9.67. The van der Waals surface area contributed by atoms with Crippen molar-refractivity contribution < 1.29 is 0 Å². The van der Waals surface area contributed by atoms with Crippen molar-refractivity contribution in [2.75, 3.05) is 0 Å². The second-order valence-corrected chi connectivity index (χ2v) is 15.4. The standard InChI is InChI=1S/C49H26N6S/c1-51-30-18-22-42-35(26-30)33-10-3-5-14-40(33)55(42)43-15-6-16-44-46(43)49(37-11-7-23-52-47(37)48-38(49)12-8-24-53-48)36-20-19-31(27-45(36)56-44)54-39-13-4-2-9-32(39)34-25-29(28-50)17-21-41(34)54/h2-27H. The SMILES string of the molecule is [C-]#[N+]c1ccc2c(c1)c1ccccc1n2-c1cccc2c1C1(c3ccc(-n4c5ccccc5c5cc(C#N)ccc54)cc3S2)c2cccnc2-c2ncccc21. The largest absolute Gasteiger partial charge is 0.309 e. The summed E-state index contributed by atoms with van der Waals surface area (Å²) in [6, 6.07) is 53.4. The van der Waals surface area contributed by atoms with Gasteiger partial charge in [0.2, 0.25) is 0 Å². The first-order valence-electron chi connectivity index (χ1n) is 18.4. The van der Waals surface area contributed by atoms with Gasteiger partial charge >= 0.3 is 0 Å². The van der Waals surface area contributed by atoms with Crippen molar-refractivity contribution in [3.8, 4) is 28.8 Å². The maximum absolute atomic E-state index is 9.77. The molecule has 0 N–H and O–H groups in total. The topological polar surface area (TPSA) is 63.8 Å². The number of hydrogen-bond donors (Lipinski definition) is 0. The van der Waals surface area contributed by atoms with Crippen LogP contribution in [0.5, 0.6) is 0 Å². The van der Waals surface area contributed by atoms with Crippen molar-refractivity contribution in [2.45, 2.75) is 15.2 Å². The molecule has 7 heteroatoms. The van der Waals surface area contributed by atoms with Gasteiger partial charge < -0.3 is 9.13 Å². The minimum atomic E-state index is -0.741. The molecule has 0 atom stereocenters. The van der Waals surface area contributed by atoms with Gasteiger partial charge in [0.1, 0.15) is 0 Å². The summed E-state index contributed by atoms with van der Waals surface area (Å²) in [6.45, 7) is 7.79. The van der Waals surface area contributed by atoms with Crippen LogP contribution in [0.25, 0.3) is 71.2 Å². The fourth-order valence-corrected chi connectivity index (χ4v) is 10.8. The molecular formula is C49H26N6S. The quantitative estimate of drug-likeness (QED) is 0.166. The van der Waals surface area contributed by atoms with Crippen LogP contribution in [-0.2, 0) is 5.41 Å². The van der Waals surface area contributed by atoms with Crippen LogP contribution in [0.15, 0.2) is 168 Å². The lowest BCUT2D eigenvalue weighted by Gasteiger charge is -2.41. The van der Waals surface area contributed by atoms with Crippen LogP contribution < -0.4 is 0 Å². The van der Waals surface area contributed by atoms with Crippen molar-refractivity contribution in [1.29, 1.82) is 5.26 Å². The molecule has 0 fully saturated rings. The Morgan fingerprint density at radius 1 is 0.571 bits per heavy atom. The van der Waals surface area contributed by atoms with Gasteiger partial charge in [0.05, 0.1) is 62.8 Å². The van der Waals surface area contributed by atoms with Crippen LogP contribution in [0.1, 0.15) is 27.8 Å². The summed E-state index contributed by atoms with van der Waals surface area (Å²) in [5.41, 5.74) is 13.3. The van der Waals surface area contributed by atoms with Gasteiger partial charge in [-0.25, -0.2) is 4.85 Å². The Bertz CT molecular complexity index is 3400. The van der Waals surface area contributed by atoms with Gasteiger partial charge in [-0.3, -0.25) is 9.97 Å². The fourth-order valence-electron chi connectivity index (χ4n) is 9.57. The van der Waals surface area contributed by atoms with Gasteiger partial charge in [0.25, 0.3) is 0 Å². The molecule has 0 saturated heterocycles. The molecule has 4 aromatic heterocycles. The average molecular weight is 731 g/mol. The molecule has 6 aromatic carbocycles. The minimum absolute atomic E-state index is 0.622. The summed E-state index contributed by atoms with van der Waals surface area (Å²) in [6.07, 6.45) is 3.74. The second-order valence-electron chi connectivity index (χ2n) is 14.3. The Morgan fingerprint density at radius 2 is 1.23 bits per heavy atom. The Kier molecular flexibility index (Phi) is 6.24. The van der Waals surface area contributed by atoms with Gasteiger partial charge in [-0.15, -0.1) is 0 Å². The molecule has 56 heavy (non-hydrogen) atoms. The number of hydrogen-bond acceptors (Lipinski definition) is 4. The Labute approximate surface area is 325 Å². The maximum Gasteiger partial charge on any atom is 0.188 e. The van der Waals surface area contributed by atoms with Crippen LogP contribution in [0, 0.1) is 17.9 Å². The summed E-state index contributed by atoms with van der Waals surface area (Å²) in [5.74, 6) is 0. The van der Waals surface area contributed by atoms with E-state index in [4.69, 9.17) is 16.5 Å². The first-order chi connectivity index (χ1) is 27.7. The van der Waals surface area contributed by atoms with Crippen LogP contribution in [-0.4, -0.2) is 19.1 Å². The fraction of sp³-hybridized carbons (Fsp3) is 0.0204. The Hall–Kier alpha value is -7.45. The monoisotopic (exact) mass is 730 g/mol. The van der Waals surface area contributed by atoms with Gasteiger partial charge in [-0.2, -0.15) is 5.26 Å². The predicted molar refractivity (Wildman–Crippen MR) is 223 cm³/mol. The van der Waals surface area contributed by atoms with E-state index in [0.29, 0.717) is 11.3 Å². The predicted octanol–water partition coefficient (Wildman–Crippen LogP) is 11.9. The van der Waals surface area contributed by atoms with Crippen LogP contribution in [0.2, 0.25) is 0 Å². The van der Waals surface area contributed by atoms with E-state index in [1.807, 2.05) is 48.8 Å². The number of rotatable bonds is 2. The number of fused-ring (bicyclic) bond motifs is 15. The summed E-state index contributed by atoms with van der Waals surface area (Å²) < 4.78 is 4.71. The average Bonchev–Trinajstić information content (AvgIpc) is 3.87. The molecule has 1 aliphatic heterocycles. The highest BCUT2D eigenvalue weighted by Gasteiger charge is 2.53. The maximum atomic E-state index is 9.77. The van der Waals surface area contributed by atoms with Crippen LogP contribution >= 0.6 is 11.8 Å². The molecule has 10 aromatic rings. The number of nitriles is 1. The molecule has 1 spiro atoms. The number of nitrogens with zero attached hydrogens (tertiary/aromatic N) is 6. The van der Waals surface area contributed by atoms with E-state index in [9.17, 15) is 5.26 Å². The Balaban J connectivity index is 1.19. The number of aromatic nitrogens is 4. The van der Waals surface area contributed by atoms with E-state index >= 15 is 0 Å². The van der Waals surface area contributed by atoms with Crippen molar-refractivity contribution >= 4 is 61.1 Å². The van der Waals surface area contributed by atoms with Gasteiger partial charge in [-0.1, -0.05) is 78.5 Å². The van der Waals surface area contributed by atoms with Crippen LogP contribution in [0.3, 0.4) is 0 Å². The van der Waals surface area contributed by atoms with E-state index in [2.05, 4.69) is 129 Å². The molecule has 2 aliphatic rings. The smallest absolute Gasteiger partial charge is 0.188 e. The first kappa shape index (κ1) is 31.0. The number of benzene rings is 6. The number of pyridine rings is 2. The summed E-state index contributed by atoms with van der Waals surface area (Å²) in [4.78, 5) is 16.1. The van der Waals surface area contributed by atoms with E-state index in [0.717, 1.165) is 87.3 Å². The summed E-state index contributed by atoms with van der Waals surface area (Å²) >= 11 is 1.80. The molecule has 0 unspecified atom stereocenters. The van der Waals surface area contributed by atoms with Gasteiger partial charge in [0.15, 0.2) is 5.69 Å². The first-order valence-corrected chi connectivity index (χ1v) is 19.2. The summed E-state index contributed by atoms with van der Waals surface area (Å²) in [7, 11) is 0. The highest BCUT2D eigenvalue weighted by Crippen LogP contribution is 2.63. The molecule has 0 saturated carbocycles. The molecule has 1 aliphatic carbocycles. The number of para-hydroxylation sites is 2. The molecule has 0 radical (unpaired) electrons. The highest BCUT2D eigenvalue weighted by molar-refractivity contribution is 7.99. The van der Waals surface area contributed by atoms with Crippen molar-refractivity contribution in [3.05, 3.63) is 197 Å². The normalized spacial score (nSPS) is 13.4. The lowest BCUT2D eigenvalue weighted by Crippen LogP contribution is -2.33. The van der Waals surface area contributed by atoms with Gasteiger partial charge in [0, 0.05) is 49.6 Å². The lowest BCUT2D eigenvalue weighted by molar-refractivity contribution is 0.712.